The summed E-state index contributed by atoms with van der Waals surface area (Å²) in [6.07, 6.45) is 4.91. The molecule has 2 aromatic carbocycles. The average molecular weight is 494 g/mol. The molecule has 7 nitrogen and oxygen atoms in total. The lowest BCUT2D eigenvalue weighted by atomic mass is 10.0. The highest BCUT2D eigenvalue weighted by atomic mass is 32.1. The van der Waals surface area contributed by atoms with Crippen molar-refractivity contribution in [2.75, 3.05) is 24.7 Å². The normalized spacial score (nSPS) is 17.1. The van der Waals surface area contributed by atoms with E-state index in [1.54, 1.807) is 23.6 Å². The summed E-state index contributed by atoms with van der Waals surface area (Å²) in [4.78, 5) is 32.8. The zero-order valence-corrected chi connectivity index (χ0v) is 20.0. The van der Waals surface area contributed by atoms with Crippen molar-refractivity contribution in [3.8, 4) is 11.5 Å². The fourth-order valence-corrected chi connectivity index (χ4v) is 5.24. The van der Waals surface area contributed by atoms with Gasteiger partial charge < -0.3 is 14.4 Å². The molecule has 9 heteroatoms. The van der Waals surface area contributed by atoms with Gasteiger partial charge in [-0.05, 0) is 48.7 Å². The highest BCUT2D eigenvalue weighted by Gasteiger charge is 2.30. The molecule has 3 heterocycles. The molecule has 1 unspecified atom stereocenters. The fourth-order valence-electron chi connectivity index (χ4n) is 4.39. The maximum atomic E-state index is 14.3. The van der Waals surface area contributed by atoms with Crippen LogP contribution in [0.5, 0.6) is 11.5 Å². The number of carbonyl (C=O) groups is 2. The number of hydrogen-bond donors (Lipinski definition) is 0. The van der Waals surface area contributed by atoms with E-state index in [9.17, 15) is 14.0 Å². The van der Waals surface area contributed by atoms with Gasteiger partial charge in [-0.3, -0.25) is 14.5 Å². The number of nitrogens with zero attached hydrogens (tertiary/aromatic N) is 3. The third-order valence-corrected chi connectivity index (χ3v) is 6.84. The molecule has 2 amide bonds. The quantitative estimate of drug-likeness (QED) is 0.462. The van der Waals surface area contributed by atoms with E-state index >= 15 is 0 Å². The monoisotopic (exact) mass is 493 g/mol. The van der Waals surface area contributed by atoms with Crippen LogP contribution < -0.4 is 14.4 Å². The number of para-hydroxylation sites is 1. The summed E-state index contributed by atoms with van der Waals surface area (Å²) < 4.78 is 25.6. The Morgan fingerprint density at radius 3 is 2.77 bits per heavy atom. The maximum absolute atomic E-state index is 14.3. The number of aromatic nitrogens is 1. The zero-order valence-electron chi connectivity index (χ0n) is 19.1. The standard InChI is InChI=1S/C26H24FN3O4S/c1-17(31)30(22-6-3-2-5-20(22)27)26-28-19(16-35-26)9-11-25(32)29-12-4-7-21(29)18-8-10-23-24(15-18)34-14-13-33-23/h2-3,5-6,8-11,15-16,21H,4,7,12-14H2,1H3/b11-9+. The highest BCUT2D eigenvalue weighted by molar-refractivity contribution is 7.14. The van der Waals surface area contributed by atoms with Gasteiger partial charge in [0.05, 0.1) is 17.4 Å². The van der Waals surface area contributed by atoms with Crippen molar-refractivity contribution in [2.24, 2.45) is 0 Å². The molecule has 0 spiro atoms. The number of rotatable bonds is 5. The number of ether oxygens (including phenoxy) is 2. The Morgan fingerprint density at radius 1 is 1.17 bits per heavy atom. The third kappa shape index (κ3) is 4.77. The van der Waals surface area contributed by atoms with Gasteiger partial charge in [0.2, 0.25) is 11.8 Å². The van der Waals surface area contributed by atoms with E-state index < -0.39 is 5.82 Å². The van der Waals surface area contributed by atoms with Crippen LogP contribution in [0.3, 0.4) is 0 Å². The molecule has 0 aliphatic carbocycles. The molecule has 0 bridgehead atoms. The van der Waals surface area contributed by atoms with Crippen LogP contribution in [-0.2, 0) is 9.59 Å². The topological polar surface area (TPSA) is 72.0 Å². The summed E-state index contributed by atoms with van der Waals surface area (Å²) in [5, 5.41) is 2.07. The van der Waals surface area contributed by atoms with Crippen molar-refractivity contribution in [3.05, 3.63) is 71.0 Å². The highest BCUT2D eigenvalue weighted by Crippen LogP contribution is 2.38. The predicted molar refractivity (Wildman–Crippen MR) is 131 cm³/mol. The molecular formula is C26H24FN3O4S. The summed E-state index contributed by atoms with van der Waals surface area (Å²) in [6, 6.07) is 11.9. The van der Waals surface area contributed by atoms with Gasteiger partial charge in [-0.2, -0.15) is 0 Å². The lowest BCUT2D eigenvalue weighted by Gasteiger charge is -2.26. The van der Waals surface area contributed by atoms with Gasteiger partial charge in [-0.25, -0.2) is 9.37 Å². The number of carbonyl (C=O) groups excluding carboxylic acids is 2. The molecule has 0 saturated carbocycles. The number of fused-ring (bicyclic) bond motifs is 1. The Balaban J connectivity index is 1.32. The summed E-state index contributed by atoms with van der Waals surface area (Å²) in [5.41, 5.74) is 1.68. The zero-order chi connectivity index (χ0) is 24.4. The molecule has 180 valence electrons. The number of benzene rings is 2. The van der Waals surface area contributed by atoms with Crippen molar-refractivity contribution in [2.45, 2.75) is 25.8 Å². The van der Waals surface area contributed by atoms with Gasteiger partial charge in [-0.1, -0.05) is 18.2 Å². The third-order valence-electron chi connectivity index (χ3n) is 5.99. The van der Waals surface area contributed by atoms with Crippen LogP contribution >= 0.6 is 11.3 Å². The van der Waals surface area contributed by atoms with Gasteiger partial charge in [-0.15, -0.1) is 11.3 Å². The molecule has 1 atom stereocenters. The Morgan fingerprint density at radius 2 is 1.97 bits per heavy atom. The Labute approximate surface area is 206 Å². The van der Waals surface area contributed by atoms with E-state index in [0.717, 1.165) is 24.2 Å². The Hall–Kier alpha value is -3.72. The summed E-state index contributed by atoms with van der Waals surface area (Å²) in [6.45, 7) is 3.07. The number of anilines is 2. The second-order valence-corrected chi connectivity index (χ2v) is 9.12. The van der Waals surface area contributed by atoms with E-state index in [1.807, 2.05) is 23.1 Å². The number of amides is 2. The molecule has 2 aliphatic rings. The van der Waals surface area contributed by atoms with Gasteiger partial charge >= 0.3 is 0 Å². The number of halogens is 1. The van der Waals surface area contributed by atoms with Crippen LogP contribution in [0.25, 0.3) is 6.08 Å². The molecule has 3 aromatic rings. The molecule has 1 aromatic heterocycles. The average Bonchev–Trinajstić information content (AvgIpc) is 3.54. The molecular weight excluding hydrogens is 469 g/mol. The van der Waals surface area contributed by atoms with E-state index in [4.69, 9.17) is 9.47 Å². The minimum atomic E-state index is -0.510. The predicted octanol–water partition coefficient (Wildman–Crippen LogP) is 5.11. The lowest BCUT2D eigenvalue weighted by molar-refractivity contribution is -0.126. The second-order valence-electron chi connectivity index (χ2n) is 8.29. The summed E-state index contributed by atoms with van der Waals surface area (Å²) >= 11 is 1.21. The van der Waals surface area contributed by atoms with Crippen molar-refractivity contribution in [1.29, 1.82) is 0 Å². The first-order valence-electron chi connectivity index (χ1n) is 11.4. The molecule has 1 fully saturated rings. The molecule has 35 heavy (non-hydrogen) atoms. The van der Waals surface area contributed by atoms with Gasteiger partial charge in [0, 0.05) is 24.9 Å². The van der Waals surface area contributed by atoms with Crippen LogP contribution in [-0.4, -0.2) is 41.5 Å². The lowest BCUT2D eigenvalue weighted by Crippen LogP contribution is -2.29. The summed E-state index contributed by atoms with van der Waals surface area (Å²) in [7, 11) is 0. The summed E-state index contributed by atoms with van der Waals surface area (Å²) in [5.74, 6) is 0.461. The first kappa shape index (κ1) is 23.0. The van der Waals surface area contributed by atoms with Crippen LogP contribution in [0.15, 0.2) is 53.9 Å². The van der Waals surface area contributed by atoms with Crippen LogP contribution in [0.1, 0.15) is 37.1 Å². The molecule has 0 radical (unpaired) electrons. The van der Waals surface area contributed by atoms with E-state index in [1.165, 1.54) is 41.4 Å². The Bertz CT molecular complexity index is 1290. The van der Waals surface area contributed by atoms with E-state index in [2.05, 4.69) is 4.98 Å². The molecule has 2 aliphatic heterocycles. The van der Waals surface area contributed by atoms with Gasteiger partial charge in [0.25, 0.3) is 0 Å². The smallest absolute Gasteiger partial charge is 0.247 e. The van der Waals surface area contributed by atoms with Gasteiger partial charge in [0.1, 0.15) is 19.0 Å². The van der Waals surface area contributed by atoms with Crippen molar-refractivity contribution < 1.29 is 23.5 Å². The first-order chi connectivity index (χ1) is 17.0. The second kappa shape index (κ2) is 9.87. The number of thiazole rings is 1. The van der Waals surface area contributed by atoms with Crippen LogP contribution in [0.4, 0.5) is 15.2 Å². The first-order valence-corrected chi connectivity index (χ1v) is 12.3. The minimum Gasteiger partial charge on any atom is -0.486 e. The maximum Gasteiger partial charge on any atom is 0.247 e. The van der Waals surface area contributed by atoms with Crippen molar-refractivity contribution in [3.63, 3.8) is 0 Å². The molecule has 5 rings (SSSR count). The van der Waals surface area contributed by atoms with E-state index in [-0.39, 0.29) is 23.5 Å². The molecule has 0 N–H and O–H groups in total. The van der Waals surface area contributed by atoms with Crippen molar-refractivity contribution in [1.82, 2.24) is 9.88 Å². The van der Waals surface area contributed by atoms with E-state index in [0.29, 0.717) is 36.3 Å². The van der Waals surface area contributed by atoms with Crippen molar-refractivity contribution >= 4 is 40.0 Å². The minimum absolute atomic E-state index is 0.0387. The SMILES string of the molecule is CC(=O)N(c1nc(/C=C/C(=O)N2CCCC2c2ccc3c(c2)OCCO3)cs1)c1ccccc1F. The van der Waals surface area contributed by atoms with Gasteiger partial charge in [0.15, 0.2) is 16.6 Å². The van der Waals surface area contributed by atoms with Crippen LogP contribution in [0, 0.1) is 5.82 Å². The fraction of sp³-hybridized carbons (Fsp3) is 0.269. The van der Waals surface area contributed by atoms with Crippen LogP contribution in [0.2, 0.25) is 0 Å². The number of likely N-dealkylation sites (tertiary alicyclic amines) is 1. The number of hydrogen-bond acceptors (Lipinski definition) is 6. The Kier molecular flexibility index (Phi) is 6.50. The largest absolute Gasteiger partial charge is 0.486 e. The molecule has 1 saturated heterocycles.